The number of carbonyl (C=O) groups is 3. The number of aliphatic imine (C=N–C) groups is 1. The number of carboxylic acid groups (broad SMARTS) is 1. The van der Waals surface area contributed by atoms with Crippen LogP contribution in [0.4, 0.5) is 0 Å². The normalized spacial score (nSPS) is 11.2. The highest BCUT2D eigenvalue weighted by molar-refractivity contribution is 5.87. The molecule has 0 aliphatic rings. The van der Waals surface area contributed by atoms with Crippen molar-refractivity contribution >= 4 is 23.7 Å². The highest BCUT2D eigenvalue weighted by Gasteiger charge is 2.19. The molecule has 26 heavy (non-hydrogen) atoms. The molecule has 0 saturated carbocycles. The summed E-state index contributed by atoms with van der Waals surface area (Å²) in [6.45, 7) is 0.00348. The second-order valence-corrected chi connectivity index (χ2v) is 5.67. The van der Waals surface area contributed by atoms with Gasteiger partial charge in [0.05, 0.1) is 6.54 Å². The van der Waals surface area contributed by atoms with Crippen LogP contribution in [0.25, 0.3) is 0 Å². The Bertz CT molecular complexity index is 629. The van der Waals surface area contributed by atoms with Crippen LogP contribution in [0.3, 0.4) is 0 Å². The SMILES string of the molecule is NC(N)=NCCC[C@H](NC(=O)CNC(=O)CCc1ccccc1)C(=O)O. The summed E-state index contributed by atoms with van der Waals surface area (Å²) >= 11 is 0. The van der Waals surface area contributed by atoms with Gasteiger partial charge in [0.1, 0.15) is 6.04 Å². The third-order valence-corrected chi connectivity index (χ3v) is 3.51. The van der Waals surface area contributed by atoms with Crippen molar-refractivity contribution in [2.75, 3.05) is 13.1 Å². The number of hydrogen-bond acceptors (Lipinski definition) is 4. The molecule has 0 fully saturated rings. The van der Waals surface area contributed by atoms with E-state index in [0.717, 1.165) is 5.56 Å². The Kier molecular flexibility index (Phi) is 9.23. The van der Waals surface area contributed by atoms with Gasteiger partial charge in [0.25, 0.3) is 0 Å². The monoisotopic (exact) mass is 363 g/mol. The lowest BCUT2D eigenvalue weighted by Gasteiger charge is -2.14. The zero-order valence-corrected chi connectivity index (χ0v) is 14.5. The van der Waals surface area contributed by atoms with Crippen molar-refractivity contribution in [3.8, 4) is 0 Å². The smallest absolute Gasteiger partial charge is 0.326 e. The minimum atomic E-state index is -1.15. The molecule has 2 amide bonds. The van der Waals surface area contributed by atoms with Crippen molar-refractivity contribution < 1.29 is 19.5 Å². The molecule has 1 aromatic rings. The standard InChI is InChI=1S/C17H25N5O4/c18-17(19)20-10-4-7-13(16(25)26)22-15(24)11-21-14(23)9-8-12-5-2-1-3-6-12/h1-3,5-6,13H,4,7-11H2,(H,21,23)(H,22,24)(H,25,26)(H4,18,19,20)/t13-/m0/s1. The molecule has 0 aromatic heterocycles. The van der Waals surface area contributed by atoms with Gasteiger partial charge in [0, 0.05) is 13.0 Å². The van der Waals surface area contributed by atoms with Crippen LogP contribution < -0.4 is 22.1 Å². The lowest BCUT2D eigenvalue weighted by molar-refractivity contribution is -0.141. The van der Waals surface area contributed by atoms with Gasteiger partial charge < -0.3 is 27.2 Å². The molecule has 0 unspecified atom stereocenters. The van der Waals surface area contributed by atoms with E-state index in [1.165, 1.54) is 0 Å². The Labute approximate surface area is 151 Å². The number of nitrogens with one attached hydrogen (secondary N) is 2. The summed E-state index contributed by atoms with van der Waals surface area (Å²) in [6.07, 6.45) is 1.40. The molecule has 0 aliphatic carbocycles. The van der Waals surface area contributed by atoms with Gasteiger partial charge in [-0.2, -0.15) is 0 Å². The van der Waals surface area contributed by atoms with E-state index < -0.39 is 17.9 Å². The molecule has 0 bridgehead atoms. The van der Waals surface area contributed by atoms with Crippen molar-refractivity contribution in [2.24, 2.45) is 16.5 Å². The van der Waals surface area contributed by atoms with Crippen LogP contribution in [0.1, 0.15) is 24.8 Å². The number of aliphatic carboxylic acids is 1. The molecule has 9 nitrogen and oxygen atoms in total. The average Bonchev–Trinajstić information content (AvgIpc) is 2.61. The lowest BCUT2D eigenvalue weighted by Crippen LogP contribution is -2.45. The maximum Gasteiger partial charge on any atom is 0.326 e. The molecular formula is C17H25N5O4. The lowest BCUT2D eigenvalue weighted by atomic mass is 10.1. The molecule has 0 heterocycles. The number of nitrogens with zero attached hydrogens (tertiary/aromatic N) is 1. The number of aryl methyl sites for hydroxylation is 1. The number of benzene rings is 1. The Morgan fingerprint density at radius 3 is 2.42 bits per heavy atom. The van der Waals surface area contributed by atoms with Gasteiger partial charge in [-0.25, -0.2) is 4.79 Å². The summed E-state index contributed by atoms with van der Waals surface area (Å²) in [4.78, 5) is 38.5. The minimum absolute atomic E-state index is 0.0703. The van der Waals surface area contributed by atoms with Crippen LogP contribution in [0, 0.1) is 0 Å². The highest BCUT2D eigenvalue weighted by Crippen LogP contribution is 2.02. The number of hydrogen-bond donors (Lipinski definition) is 5. The number of guanidine groups is 1. The fourth-order valence-corrected chi connectivity index (χ4v) is 2.18. The Hall–Kier alpha value is -3.10. The number of carbonyl (C=O) groups excluding carboxylic acids is 2. The summed E-state index contributed by atoms with van der Waals surface area (Å²) in [7, 11) is 0. The first-order valence-electron chi connectivity index (χ1n) is 8.26. The summed E-state index contributed by atoms with van der Waals surface area (Å²) in [5.74, 6) is -2.06. The zero-order chi connectivity index (χ0) is 19.4. The summed E-state index contributed by atoms with van der Waals surface area (Å²) in [5.41, 5.74) is 11.4. The quantitative estimate of drug-likeness (QED) is 0.200. The van der Waals surface area contributed by atoms with Crippen LogP contribution in [0.15, 0.2) is 35.3 Å². The van der Waals surface area contributed by atoms with Gasteiger partial charge in [0.2, 0.25) is 11.8 Å². The van der Waals surface area contributed by atoms with Crippen molar-refractivity contribution in [3.05, 3.63) is 35.9 Å². The Morgan fingerprint density at radius 1 is 1.12 bits per heavy atom. The maximum atomic E-state index is 11.8. The minimum Gasteiger partial charge on any atom is -0.480 e. The average molecular weight is 363 g/mol. The molecule has 0 aliphatic heterocycles. The number of nitrogens with two attached hydrogens (primary N) is 2. The van der Waals surface area contributed by atoms with Gasteiger partial charge in [-0.3, -0.25) is 14.6 Å². The first-order chi connectivity index (χ1) is 12.4. The van der Waals surface area contributed by atoms with E-state index in [1.54, 1.807) is 0 Å². The van der Waals surface area contributed by atoms with Crippen LogP contribution in [0.5, 0.6) is 0 Å². The second kappa shape index (κ2) is 11.5. The van der Waals surface area contributed by atoms with Gasteiger partial charge in [-0.15, -0.1) is 0 Å². The van der Waals surface area contributed by atoms with Gasteiger partial charge in [-0.1, -0.05) is 30.3 Å². The second-order valence-electron chi connectivity index (χ2n) is 5.67. The molecule has 1 aromatic carbocycles. The number of carboxylic acids is 1. The van der Waals surface area contributed by atoms with E-state index in [4.69, 9.17) is 16.6 Å². The molecule has 1 rings (SSSR count). The van der Waals surface area contributed by atoms with E-state index in [2.05, 4.69) is 15.6 Å². The first kappa shape index (κ1) is 20.9. The molecule has 142 valence electrons. The van der Waals surface area contributed by atoms with Gasteiger partial charge in [-0.05, 0) is 24.8 Å². The fraction of sp³-hybridized carbons (Fsp3) is 0.412. The van der Waals surface area contributed by atoms with Crippen LogP contribution in [0.2, 0.25) is 0 Å². The molecule has 0 radical (unpaired) electrons. The molecule has 7 N–H and O–H groups in total. The van der Waals surface area contributed by atoms with Crippen LogP contribution in [-0.4, -0.2) is 48.0 Å². The largest absolute Gasteiger partial charge is 0.480 e. The predicted molar refractivity (Wildman–Crippen MR) is 97.3 cm³/mol. The van der Waals surface area contributed by atoms with Gasteiger partial charge in [0.15, 0.2) is 5.96 Å². The summed E-state index contributed by atoms with van der Waals surface area (Å²) in [5, 5.41) is 14.0. The first-order valence-corrected chi connectivity index (χ1v) is 8.26. The molecule has 9 heteroatoms. The molecule has 1 atom stereocenters. The van der Waals surface area contributed by atoms with E-state index in [1.807, 2.05) is 30.3 Å². The van der Waals surface area contributed by atoms with Gasteiger partial charge >= 0.3 is 5.97 Å². The predicted octanol–water partition coefficient (Wildman–Crippen LogP) is -0.642. The third kappa shape index (κ3) is 9.26. The topological polar surface area (TPSA) is 160 Å². The van der Waals surface area contributed by atoms with Crippen LogP contribution in [-0.2, 0) is 20.8 Å². The number of amides is 2. The molecule has 0 saturated heterocycles. The number of rotatable bonds is 11. The summed E-state index contributed by atoms with van der Waals surface area (Å²) in [6, 6.07) is 8.45. The zero-order valence-electron chi connectivity index (χ0n) is 14.5. The van der Waals surface area contributed by atoms with Crippen LogP contribution >= 0.6 is 0 Å². The third-order valence-electron chi connectivity index (χ3n) is 3.51. The van der Waals surface area contributed by atoms with E-state index in [-0.39, 0.29) is 37.8 Å². The Morgan fingerprint density at radius 2 is 1.81 bits per heavy atom. The van der Waals surface area contributed by atoms with Crippen molar-refractivity contribution in [1.82, 2.24) is 10.6 Å². The van der Waals surface area contributed by atoms with Crippen molar-refractivity contribution in [1.29, 1.82) is 0 Å². The van der Waals surface area contributed by atoms with E-state index >= 15 is 0 Å². The van der Waals surface area contributed by atoms with Crippen molar-refractivity contribution in [3.63, 3.8) is 0 Å². The molecular weight excluding hydrogens is 338 g/mol. The maximum absolute atomic E-state index is 11.8. The highest BCUT2D eigenvalue weighted by atomic mass is 16.4. The van der Waals surface area contributed by atoms with Crippen molar-refractivity contribution in [2.45, 2.75) is 31.7 Å². The fourth-order valence-electron chi connectivity index (χ4n) is 2.18. The summed E-state index contributed by atoms with van der Waals surface area (Å²) < 4.78 is 0. The van der Waals surface area contributed by atoms with E-state index in [9.17, 15) is 14.4 Å². The molecule has 0 spiro atoms. The van der Waals surface area contributed by atoms with E-state index in [0.29, 0.717) is 12.8 Å². The Balaban J connectivity index is 2.30.